The largest absolute Gasteiger partial charge is 0.365 e. The Morgan fingerprint density at radius 3 is 2.32 bits per heavy atom. The van der Waals surface area contributed by atoms with E-state index in [0.29, 0.717) is 16.8 Å². The monoisotopic (exact) mass is 297 g/mol. The Labute approximate surface area is 130 Å². The summed E-state index contributed by atoms with van der Waals surface area (Å²) in [5.41, 5.74) is 3.38. The molecule has 0 heterocycles. The first-order valence-electron chi connectivity index (χ1n) is 7.19. The van der Waals surface area contributed by atoms with E-state index in [-0.39, 0.29) is 11.7 Å². The molecule has 0 radical (unpaired) electrons. The van der Waals surface area contributed by atoms with Crippen LogP contribution in [0, 0.1) is 12.8 Å². The third-order valence-corrected chi connectivity index (χ3v) is 3.46. The van der Waals surface area contributed by atoms with Gasteiger partial charge in [0.25, 0.3) is 0 Å². The number of nitrogens with zero attached hydrogens (tertiary/aromatic N) is 1. The normalized spacial score (nSPS) is 16.6. The van der Waals surface area contributed by atoms with Gasteiger partial charge in [0, 0.05) is 0 Å². The van der Waals surface area contributed by atoms with Crippen LogP contribution in [-0.4, -0.2) is 17.5 Å². The molecule has 0 atom stereocenters. The molecule has 114 valence electrons. The van der Waals surface area contributed by atoms with E-state index in [1.54, 1.807) is 31.2 Å². The Bertz CT molecular complexity index is 692. The van der Waals surface area contributed by atoms with Gasteiger partial charge in [-0.1, -0.05) is 36.7 Å². The Morgan fingerprint density at radius 1 is 1.09 bits per heavy atom. The summed E-state index contributed by atoms with van der Waals surface area (Å²) in [7, 11) is 0. The predicted molar refractivity (Wildman–Crippen MR) is 85.7 cm³/mol. The summed E-state index contributed by atoms with van der Waals surface area (Å²) in [4.78, 5) is 28.7. The molecular formula is C18H19NO3. The molecule has 22 heavy (non-hydrogen) atoms. The van der Waals surface area contributed by atoms with Crippen LogP contribution in [0.15, 0.2) is 52.7 Å². The third kappa shape index (κ3) is 3.58. The summed E-state index contributed by atoms with van der Waals surface area (Å²) in [6, 6.07) is 7.07. The first-order valence-corrected chi connectivity index (χ1v) is 7.19. The molecule has 0 bridgehead atoms. The second-order valence-corrected chi connectivity index (χ2v) is 5.67. The van der Waals surface area contributed by atoms with Gasteiger partial charge in [0.1, 0.15) is 5.71 Å². The van der Waals surface area contributed by atoms with Crippen LogP contribution in [0.5, 0.6) is 0 Å². The molecule has 0 amide bonds. The lowest BCUT2D eigenvalue weighted by Crippen LogP contribution is -2.16. The minimum absolute atomic E-state index is 0.0347. The average molecular weight is 297 g/mol. The van der Waals surface area contributed by atoms with Crippen LogP contribution in [0.3, 0.4) is 0 Å². The lowest BCUT2D eigenvalue weighted by molar-refractivity contribution is -0.111. The molecule has 2 rings (SSSR count). The topological polar surface area (TPSA) is 55.7 Å². The summed E-state index contributed by atoms with van der Waals surface area (Å²) >= 11 is 0. The number of aryl methyl sites for hydroxylation is 1. The Hall–Kier alpha value is -2.49. The molecule has 4 heteroatoms. The van der Waals surface area contributed by atoms with Crippen molar-refractivity contribution in [2.45, 2.75) is 27.7 Å². The van der Waals surface area contributed by atoms with Crippen molar-refractivity contribution in [2.24, 2.45) is 11.1 Å². The van der Waals surface area contributed by atoms with Gasteiger partial charge in [-0.2, -0.15) is 0 Å². The molecule has 0 fully saturated rings. The maximum absolute atomic E-state index is 12.0. The van der Waals surface area contributed by atoms with Crippen molar-refractivity contribution in [1.82, 2.24) is 0 Å². The number of carbonyl (C=O) groups excluding carboxylic acids is 2. The van der Waals surface area contributed by atoms with E-state index in [1.807, 2.05) is 32.9 Å². The summed E-state index contributed by atoms with van der Waals surface area (Å²) in [6.45, 7) is 7.59. The maximum atomic E-state index is 12.0. The van der Waals surface area contributed by atoms with Crippen molar-refractivity contribution in [1.29, 1.82) is 0 Å². The first kappa shape index (κ1) is 15.9. The molecule has 1 aromatic carbocycles. The highest BCUT2D eigenvalue weighted by Crippen LogP contribution is 2.20. The van der Waals surface area contributed by atoms with Gasteiger partial charge in [-0.3, -0.25) is 4.79 Å². The zero-order chi connectivity index (χ0) is 16.3. The quantitative estimate of drug-likeness (QED) is 0.486. The minimum Gasteiger partial charge on any atom is -0.312 e. The van der Waals surface area contributed by atoms with Crippen LogP contribution in [0.1, 0.15) is 36.7 Å². The Morgan fingerprint density at radius 2 is 1.73 bits per heavy atom. The minimum atomic E-state index is -0.515. The standard InChI is InChI=1S/C18H19NO3/c1-11(2)15-10-17(20)13(4)9-16(15)19-22-18(21)14-7-5-12(3)6-8-14/h5-11H,1-4H3/b19-16+. The highest BCUT2D eigenvalue weighted by molar-refractivity contribution is 6.21. The summed E-state index contributed by atoms with van der Waals surface area (Å²) in [5, 5.41) is 3.94. The second-order valence-electron chi connectivity index (χ2n) is 5.67. The number of carbonyl (C=O) groups is 2. The molecule has 4 nitrogen and oxygen atoms in total. The predicted octanol–water partition coefficient (Wildman–Crippen LogP) is 3.62. The highest BCUT2D eigenvalue weighted by atomic mass is 16.7. The Balaban J connectivity index is 2.20. The van der Waals surface area contributed by atoms with Gasteiger partial charge in [0.15, 0.2) is 5.78 Å². The molecular weight excluding hydrogens is 278 g/mol. The van der Waals surface area contributed by atoms with Crippen molar-refractivity contribution < 1.29 is 14.4 Å². The summed E-state index contributed by atoms with van der Waals surface area (Å²) in [6.07, 6.45) is 3.21. The lowest BCUT2D eigenvalue weighted by Gasteiger charge is -2.15. The van der Waals surface area contributed by atoms with E-state index in [2.05, 4.69) is 5.16 Å². The van der Waals surface area contributed by atoms with Crippen LogP contribution in [0.25, 0.3) is 0 Å². The summed E-state index contributed by atoms with van der Waals surface area (Å²) in [5.74, 6) is -0.434. The van der Waals surface area contributed by atoms with Gasteiger partial charge in [0.05, 0.1) is 5.56 Å². The fourth-order valence-electron chi connectivity index (χ4n) is 2.06. The fourth-order valence-corrected chi connectivity index (χ4v) is 2.06. The molecule has 0 aliphatic heterocycles. The zero-order valence-corrected chi connectivity index (χ0v) is 13.2. The third-order valence-electron chi connectivity index (χ3n) is 3.46. The summed E-state index contributed by atoms with van der Waals surface area (Å²) < 4.78 is 0. The number of allylic oxidation sites excluding steroid dienone is 4. The van der Waals surface area contributed by atoms with Crippen LogP contribution < -0.4 is 0 Å². The van der Waals surface area contributed by atoms with Crippen molar-refractivity contribution in [3.8, 4) is 0 Å². The van der Waals surface area contributed by atoms with E-state index in [0.717, 1.165) is 11.1 Å². The molecule has 1 aliphatic carbocycles. The van der Waals surface area contributed by atoms with Crippen LogP contribution in [0.4, 0.5) is 0 Å². The van der Waals surface area contributed by atoms with Gasteiger partial charge in [-0.15, -0.1) is 0 Å². The smallest absolute Gasteiger partial charge is 0.312 e. The van der Waals surface area contributed by atoms with E-state index >= 15 is 0 Å². The van der Waals surface area contributed by atoms with Gasteiger partial charge in [-0.25, -0.2) is 4.79 Å². The van der Waals surface area contributed by atoms with E-state index in [4.69, 9.17) is 4.84 Å². The van der Waals surface area contributed by atoms with Crippen molar-refractivity contribution in [3.63, 3.8) is 0 Å². The number of rotatable bonds is 3. The van der Waals surface area contributed by atoms with Gasteiger partial charge < -0.3 is 4.84 Å². The van der Waals surface area contributed by atoms with Crippen molar-refractivity contribution in [3.05, 3.63) is 58.7 Å². The molecule has 0 saturated carbocycles. The maximum Gasteiger partial charge on any atom is 0.365 e. The first-order chi connectivity index (χ1) is 10.4. The van der Waals surface area contributed by atoms with Crippen molar-refractivity contribution >= 4 is 17.5 Å². The van der Waals surface area contributed by atoms with Crippen molar-refractivity contribution in [2.75, 3.05) is 0 Å². The SMILES string of the molecule is CC1=C/C(=N\OC(=O)c2ccc(C)cc2)C(C(C)C)=CC1=O. The molecule has 0 unspecified atom stereocenters. The van der Waals surface area contributed by atoms with Crippen LogP contribution in [0.2, 0.25) is 0 Å². The van der Waals surface area contributed by atoms with E-state index in [1.165, 1.54) is 0 Å². The zero-order valence-electron chi connectivity index (χ0n) is 13.2. The van der Waals surface area contributed by atoms with Gasteiger partial charge >= 0.3 is 5.97 Å². The molecule has 1 aromatic rings. The number of ketones is 1. The fraction of sp³-hybridized carbons (Fsp3) is 0.278. The van der Waals surface area contributed by atoms with Crippen LogP contribution >= 0.6 is 0 Å². The van der Waals surface area contributed by atoms with E-state index < -0.39 is 5.97 Å². The molecule has 0 N–H and O–H groups in total. The lowest BCUT2D eigenvalue weighted by atomic mass is 9.90. The Kier molecular flexibility index (Phi) is 4.71. The molecule has 0 saturated heterocycles. The number of hydrogen-bond donors (Lipinski definition) is 0. The number of benzene rings is 1. The average Bonchev–Trinajstić information content (AvgIpc) is 2.48. The number of hydrogen-bond acceptors (Lipinski definition) is 4. The molecule has 0 aromatic heterocycles. The second kappa shape index (κ2) is 6.52. The number of oxime groups is 1. The van der Waals surface area contributed by atoms with E-state index in [9.17, 15) is 9.59 Å². The van der Waals surface area contributed by atoms with Gasteiger partial charge in [0.2, 0.25) is 0 Å². The molecule has 0 spiro atoms. The molecule has 1 aliphatic rings. The van der Waals surface area contributed by atoms with Crippen LogP contribution in [-0.2, 0) is 9.63 Å². The highest BCUT2D eigenvalue weighted by Gasteiger charge is 2.19. The van der Waals surface area contributed by atoms with Gasteiger partial charge in [-0.05, 0) is 55.2 Å².